The van der Waals surface area contributed by atoms with E-state index in [0.717, 1.165) is 39.2 Å². The number of hydrogen-bond donors (Lipinski definition) is 1. The van der Waals surface area contributed by atoms with Crippen molar-refractivity contribution in [2.45, 2.75) is 18.9 Å². The summed E-state index contributed by atoms with van der Waals surface area (Å²) in [5.74, 6) is 0.468. The van der Waals surface area contributed by atoms with Crippen LogP contribution >= 0.6 is 11.3 Å². The van der Waals surface area contributed by atoms with Gasteiger partial charge in [-0.15, -0.1) is 11.3 Å². The molecule has 0 bridgehead atoms. The second-order valence-electron chi connectivity index (χ2n) is 5.70. The van der Waals surface area contributed by atoms with Crippen LogP contribution in [0.25, 0.3) is 0 Å². The zero-order valence-corrected chi connectivity index (χ0v) is 13.2. The molecule has 0 aliphatic carbocycles. The lowest BCUT2D eigenvalue weighted by Gasteiger charge is -2.26. The van der Waals surface area contributed by atoms with E-state index in [9.17, 15) is 4.79 Å². The van der Waals surface area contributed by atoms with Crippen LogP contribution in [0.2, 0.25) is 0 Å². The fourth-order valence-corrected chi connectivity index (χ4v) is 3.82. The molecule has 1 aromatic heterocycles. The molecule has 2 aliphatic heterocycles. The standard InChI is InChI=1S/C15H22N2O3S/c1-17(9-11-2-5-19-10-11)15(18)16-8-13-12-4-7-21-14(12)3-6-20-13/h4,7,11,13H,2-3,5-6,8-10H2,1H3,(H,16,18)/t11-,13-/m0/s1. The molecule has 3 rings (SSSR count). The van der Waals surface area contributed by atoms with Gasteiger partial charge in [-0.1, -0.05) is 0 Å². The van der Waals surface area contributed by atoms with E-state index in [0.29, 0.717) is 12.5 Å². The van der Waals surface area contributed by atoms with Gasteiger partial charge in [0.05, 0.1) is 13.2 Å². The summed E-state index contributed by atoms with van der Waals surface area (Å²) in [6.45, 7) is 3.61. The monoisotopic (exact) mass is 310 g/mol. The number of carbonyl (C=O) groups excluding carboxylic acids is 1. The van der Waals surface area contributed by atoms with Crippen molar-refractivity contribution in [2.24, 2.45) is 5.92 Å². The third-order valence-electron chi connectivity index (χ3n) is 4.12. The summed E-state index contributed by atoms with van der Waals surface area (Å²) < 4.78 is 11.1. The number of carbonyl (C=O) groups is 1. The quantitative estimate of drug-likeness (QED) is 0.926. The van der Waals surface area contributed by atoms with Crippen LogP contribution in [-0.2, 0) is 15.9 Å². The third kappa shape index (κ3) is 3.56. The van der Waals surface area contributed by atoms with Crippen LogP contribution in [-0.4, -0.2) is 50.9 Å². The molecule has 0 radical (unpaired) electrons. The van der Waals surface area contributed by atoms with Gasteiger partial charge in [0.25, 0.3) is 0 Å². The van der Waals surface area contributed by atoms with Crippen molar-refractivity contribution in [2.75, 3.05) is 40.0 Å². The van der Waals surface area contributed by atoms with Gasteiger partial charge >= 0.3 is 6.03 Å². The molecule has 1 fully saturated rings. The largest absolute Gasteiger partial charge is 0.381 e. The fourth-order valence-electron chi connectivity index (χ4n) is 2.91. The maximum absolute atomic E-state index is 12.1. The normalized spacial score (nSPS) is 24.6. The van der Waals surface area contributed by atoms with Crippen molar-refractivity contribution >= 4 is 17.4 Å². The van der Waals surface area contributed by atoms with Crippen molar-refractivity contribution < 1.29 is 14.3 Å². The maximum Gasteiger partial charge on any atom is 0.317 e. The number of nitrogens with zero attached hydrogens (tertiary/aromatic N) is 1. The van der Waals surface area contributed by atoms with E-state index >= 15 is 0 Å². The highest BCUT2D eigenvalue weighted by molar-refractivity contribution is 7.10. The lowest BCUT2D eigenvalue weighted by molar-refractivity contribution is 0.0445. The van der Waals surface area contributed by atoms with Gasteiger partial charge < -0.3 is 19.7 Å². The molecule has 1 saturated heterocycles. The van der Waals surface area contributed by atoms with E-state index in [1.54, 1.807) is 16.2 Å². The Morgan fingerprint density at radius 3 is 3.24 bits per heavy atom. The Balaban J connectivity index is 1.47. The van der Waals surface area contributed by atoms with E-state index in [1.807, 2.05) is 7.05 Å². The molecule has 2 atom stereocenters. The SMILES string of the molecule is CN(C[C@@H]1CCOC1)C(=O)NC[C@@H]1OCCc2sccc21. The van der Waals surface area contributed by atoms with Gasteiger partial charge in [0.1, 0.15) is 6.10 Å². The first-order valence-electron chi connectivity index (χ1n) is 7.48. The zero-order chi connectivity index (χ0) is 14.7. The lowest BCUT2D eigenvalue weighted by atomic mass is 10.1. The summed E-state index contributed by atoms with van der Waals surface area (Å²) in [5.41, 5.74) is 1.23. The molecule has 0 aromatic carbocycles. The third-order valence-corrected chi connectivity index (χ3v) is 5.11. The Bertz CT molecular complexity index is 485. The number of fused-ring (bicyclic) bond motifs is 1. The minimum atomic E-state index is -0.0344. The van der Waals surface area contributed by atoms with E-state index in [2.05, 4.69) is 16.8 Å². The molecular weight excluding hydrogens is 288 g/mol. The summed E-state index contributed by atoms with van der Waals surface area (Å²) in [4.78, 5) is 15.3. The number of hydrogen-bond acceptors (Lipinski definition) is 4. The van der Waals surface area contributed by atoms with Crippen molar-refractivity contribution in [3.8, 4) is 0 Å². The smallest absolute Gasteiger partial charge is 0.317 e. The van der Waals surface area contributed by atoms with Gasteiger partial charge in [-0.05, 0) is 23.4 Å². The first-order chi connectivity index (χ1) is 10.2. The van der Waals surface area contributed by atoms with Crippen molar-refractivity contribution in [3.05, 3.63) is 21.9 Å². The molecule has 1 N–H and O–H groups in total. The van der Waals surface area contributed by atoms with Gasteiger partial charge in [-0.25, -0.2) is 4.79 Å². The molecular formula is C15H22N2O3S. The van der Waals surface area contributed by atoms with Crippen LogP contribution in [0.1, 0.15) is 23.0 Å². The van der Waals surface area contributed by atoms with Crippen LogP contribution in [0.4, 0.5) is 4.79 Å². The maximum atomic E-state index is 12.1. The second-order valence-corrected chi connectivity index (χ2v) is 6.71. The van der Waals surface area contributed by atoms with Crippen molar-refractivity contribution in [3.63, 3.8) is 0 Å². The molecule has 21 heavy (non-hydrogen) atoms. The van der Waals surface area contributed by atoms with E-state index < -0.39 is 0 Å². The highest BCUT2D eigenvalue weighted by Crippen LogP contribution is 2.30. The van der Waals surface area contributed by atoms with Crippen LogP contribution in [0.5, 0.6) is 0 Å². The first-order valence-corrected chi connectivity index (χ1v) is 8.36. The van der Waals surface area contributed by atoms with Crippen LogP contribution in [0, 0.1) is 5.92 Å². The molecule has 5 nitrogen and oxygen atoms in total. The van der Waals surface area contributed by atoms with Gasteiger partial charge in [0.2, 0.25) is 0 Å². The molecule has 6 heteroatoms. The average Bonchev–Trinajstić information content (AvgIpc) is 3.15. The highest BCUT2D eigenvalue weighted by Gasteiger charge is 2.24. The summed E-state index contributed by atoms with van der Waals surface area (Å²) in [6.07, 6.45) is 2.02. The number of thiophene rings is 1. The molecule has 3 heterocycles. The van der Waals surface area contributed by atoms with Crippen molar-refractivity contribution in [1.82, 2.24) is 10.2 Å². The molecule has 2 aliphatic rings. The molecule has 1 aromatic rings. The fraction of sp³-hybridized carbons (Fsp3) is 0.667. The van der Waals surface area contributed by atoms with Gasteiger partial charge in [-0.2, -0.15) is 0 Å². The number of rotatable bonds is 4. The first kappa shape index (κ1) is 14.8. The van der Waals surface area contributed by atoms with E-state index in [4.69, 9.17) is 9.47 Å². The predicted octanol–water partition coefficient (Wildman–Crippen LogP) is 2.04. The van der Waals surface area contributed by atoms with Gasteiger partial charge in [0, 0.05) is 44.0 Å². The highest BCUT2D eigenvalue weighted by atomic mass is 32.1. The Hall–Kier alpha value is -1.11. The summed E-state index contributed by atoms with van der Waals surface area (Å²) in [7, 11) is 1.84. The average molecular weight is 310 g/mol. The van der Waals surface area contributed by atoms with Crippen LogP contribution in [0.3, 0.4) is 0 Å². The Morgan fingerprint density at radius 1 is 1.52 bits per heavy atom. The van der Waals surface area contributed by atoms with E-state index in [1.165, 1.54) is 10.4 Å². The second kappa shape index (κ2) is 6.77. The van der Waals surface area contributed by atoms with Crippen LogP contribution in [0.15, 0.2) is 11.4 Å². The minimum absolute atomic E-state index is 0.00726. The van der Waals surface area contributed by atoms with E-state index in [-0.39, 0.29) is 12.1 Å². The minimum Gasteiger partial charge on any atom is -0.381 e. The van der Waals surface area contributed by atoms with Crippen LogP contribution < -0.4 is 5.32 Å². The number of nitrogens with one attached hydrogen (secondary N) is 1. The molecule has 2 amide bonds. The van der Waals surface area contributed by atoms with Gasteiger partial charge in [0.15, 0.2) is 0 Å². The van der Waals surface area contributed by atoms with Gasteiger partial charge in [-0.3, -0.25) is 0 Å². The lowest BCUT2D eigenvalue weighted by Crippen LogP contribution is -2.42. The summed E-state index contributed by atoms with van der Waals surface area (Å²) in [6, 6.07) is 2.07. The molecule has 0 unspecified atom stereocenters. The number of amides is 2. The Labute approximate surface area is 129 Å². The number of ether oxygens (including phenoxy) is 2. The Morgan fingerprint density at radius 2 is 2.43 bits per heavy atom. The molecule has 0 saturated carbocycles. The predicted molar refractivity (Wildman–Crippen MR) is 81.7 cm³/mol. The zero-order valence-electron chi connectivity index (χ0n) is 12.3. The number of urea groups is 1. The molecule has 116 valence electrons. The summed E-state index contributed by atoms with van der Waals surface area (Å²) in [5, 5.41) is 5.08. The topological polar surface area (TPSA) is 50.8 Å². The Kier molecular flexibility index (Phi) is 4.77. The van der Waals surface area contributed by atoms with Crippen molar-refractivity contribution in [1.29, 1.82) is 0 Å². The summed E-state index contributed by atoms with van der Waals surface area (Å²) >= 11 is 1.77. The molecule has 0 spiro atoms.